The number of benzene rings is 1. The van der Waals surface area contributed by atoms with Gasteiger partial charge in [0.15, 0.2) is 0 Å². The molecule has 0 unspecified atom stereocenters. The summed E-state index contributed by atoms with van der Waals surface area (Å²) in [6, 6.07) is 5.76. The van der Waals surface area contributed by atoms with E-state index in [1.54, 1.807) is 7.11 Å². The standard InChI is InChI=1S/C9H11BF2O2.FH.K/c1-13-6-7-14-9-4-2-8(3-5-9)10(11)12;;/h2-5H,6-7H2,1H3;1H;/q;;+1/p-1. The molecule has 0 bridgehead atoms. The van der Waals surface area contributed by atoms with Crippen LogP contribution in [0.4, 0.5) is 8.63 Å². The van der Waals surface area contributed by atoms with Crippen LogP contribution in [-0.2, 0) is 4.74 Å². The first-order chi connectivity index (χ1) is 6.74. The van der Waals surface area contributed by atoms with Crippen LogP contribution in [0.25, 0.3) is 0 Å². The molecule has 84 valence electrons. The van der Waals surface area contributed by atoms with Gasteiger partial charge in [0.25, 0.3) is 0 Å². The minimum Gasteiger partial charge on any atom is -1.00 e. The first-order valence-corrected chi connectivity index (χ1v) is 4.24. The van der Waals surface area contributed by atoms with Crippen LogP contribution in [-0.4, -0.2) is 27.6 Å². The predicted molar refractivity (Wildman–Crippen MR) is 51.4 cm³/mol. The molecule has 0 fully saturated rings. The maximum atomic E-state index is 12.1. The Morgan fingerprint density at radius 2 is 1.69 bits per heavy atom. The first kappa shape index (κ1) is 18.8. The molecule has 0 radical (unpaired) electrons. The molecular weight excluding hydrogens is 247 g/mol. The van der Waals surface area contributed by atoms with Crippen LogP contribution in [0.3, 0.4) is 0 Å². The molecule has 16 heavy (non-hydrogen) atoms. The van der Waals surface area contributed by atoms with Gasteiger partial charge in [-0.3, -0.25) is 8.63 Å². The zero-order chi connectivity index (χ0) is 10.4. The van der Waals surface area contributed by atoms with E-state index in [1.807, 2.05) is 0 Å². The van der Waals surface area contributed by atoms with Crippen LogP contribution in [0, 0.1) is 0 Å². The molecule has 1 rings (SSSR count). The number of ether oxygens (including phenoxy) is 2. The van der Waals surface area contributed by atoms with E-state index in [1.165, 1.54) is 24.3 Å². The molecular formula is C9H11BF3KO2. The summed E-state index contributed by atoms with van der Waals surface area (Å²) >= 11 is 0. The summed E-state index contributed by atoms with van der Waals surface area (Å²) < 4.78 is 34.3. The topological polar surface area (TPSA) is 18.5 Å². The Hall–Kier alpha value is 0.471. The van der Waals surface area contributed by atoms with Gasteiger partial charge in [-0.15, -0.1) is 0 Å². The van der Waals surface area contributed by atoms with Gasteiger partial charge in [-0.05, 0) is 17.6 Å². The van der Waals surface area contributed by atoms with Gasteiger partial charge in [0.05, 0.1) is 6.61 Å². The quantitative estimate of drug-likeness (QED) is 0.390. The van der Waals surface area contributed by atoms with E-state index >= 15 is 0 Å². The number of hydrogen-bond donors (Lipinski definition) is 0. The van der Waals surface area contributed by atoms with Crippen molar-refractivity contribution >= 4 is 12.7 Å². The summed E-state index contributed by atoms with van der Waals surface area (Å²) in [6.07, 6.45) is 0. The molecule has 2 nitrogen and oxygen atoms in total. The van der Waals surface area contributed by atoms with Crippen LogP contribution in [0.15, 0.2) is 24.3 Å². The molecule has 0 N–H and O–H groups in total. The fourth-order valence-electron chi connectivity index (χ4n) is 0.952. The van der Waals surface area contributed by atoms with E-state index < -0.39 is 7.27 Å². The van der Waals surface area contributed by atoms with Crippen molar-refractivity contribution in [2.45, 2.75) is 0 Å². The third kappa shape index (κ3) is 6.93. The minimum atomic E-state index is -2.43. The van der Waals surface area contributed by atoms with E-state index in [0.29, 0.717) is 19.0 Å². The summed E-state index contributed by atoms with van der Waals surface area (Å²) in [7, 11) is -0.855. The van der Waals surface area contributed by atoms with Gasteiger partial charge in [0, 0.05) is 7.11 Å². The normalized spacial score (nSPS) is 8.69. The summed E-state index contributed by atoms with van der Waals surface area (Å²) in [5.41, 5.74) is 0.00379. The van der Waals surface area contributed by atoms with Gasteiger partial charge in [-0.1, -0.05) is 12.1 Å². The Bertz CT molecular complexity index is 272. The second kappa shape index (κ2) is 10.6. The van der Waals surface area contributed by atoms with Gasteiger partial charge in [-0.25, -0.2) is 0 Å². The van der Waals surface area contributed by atoms with Gasteiger partial charge in [0.2, 0.25) is 0 Å². The maximum Gasteiger partial charge on any atom is 1.00 e. The van der Waals surface area contributed by atoms with Crippen molar-refractivity contribution in [2.75, 3.05) is 20.3 Å². The number of methoxy groups -OCH3 is 1. The second-order valence-electron chi connectivity index (χ2n) is 2.71. The van der Waals surface area contributed by atoms with Crippen LogP contribution in [0.5, 0.6) is 5.75 Å². The average molecular weight is 258 g/mol. The second-order valence-corrected chi connectivity index (χ2v) is 2.71. The summed E-state index contributed by atoms with van der Waals surface area (Å²) in [5.74, 6) is 0.575. The smallest absolute Gasteiger partial charge is 1.00 e. The van der Waals surface area contributed by atoms with Crippen LogP contribution >= 0.6 is 0 Å². The van der Waals surface area contributed by atoms with Crippen LogP contribution < -0.4 is 66.3 Å². The molecule has 0 aromatic heterocycles. The molecule has 1 aromatic carbocycles. The predicted octanol–water partition coefficient (Wildman–Crippen LogP) is -4.65. The number of rotatable bonds is 5. The Balaban J connectivity index is 0. The Morgan fingerprint density at radius 3 is 2.12 bits per heavy atom. The van der Waals surface area contributed by atoms with E-state index in [0.717, 1.165) is 0 Å². The van der Waals surface area contributed by atoms with E-state index in [-0.39, 0.29) is 61.6 Å². The molecule has 0 aliphatic carbocycles. The van der Waals surface area contributed by atoms with Crippen LogP contribution in [0.2, 0.25) is 0 Å². The summed E-state index contributed by atoms with van der Waals surface area (Å²) in [6.45, 7) is 0.904. The molecule has 7 heteroatoms. The molecule has 0 amide bonds. The van der Waals surface area contributed by atoms with Gasteiger partial charge in [-0.2, -0.15) is 0 Å². The van der Waals surface area contributed by atoms with Crippen molar-refractivity contribution < 1.29 is 74.2 Å². The summed E-state index contributed by atoms with van der Waals surface area (Å²) in [5, 5.41) is 0. The molecule has 0 spiro atoms. The van der Waals surface area contributed by atoms with E-state index in [9.17, 15) is 8.63 Å². The van der Waals surface area contributed by atoms with Gasteiger partial charge >= 0.3 is 58.7 Å². The molecule has 0 heterocycles. The monoisotopic (exact) mass is 258 g/mol. The van der Waals surface area contributed by atoms with Crippen molar-refractivity contribution in [3.05, 3.63) is 24.3 Å². The fourth-order valence-corrected chi connectivity index (χ4v) is 0.952. The first-order valence-electron chi connectivity index (χ1n) is 4.24. The molecule has 1 aromatic rings. The van der Waals surface area contributed by atoms with Crippen molar-refractivity contribution in [1.29, 1.82) is 0 Å². The van der Waals surface area contributed by atoms with Gasteiger partial charge < -0.3 is 14.2 Å². The van der Waals surface area contributed by atoms with Crippen molar-refractivity contribution in [3.8, 4) is 5.75 Å². The van der Waals surface area contributed by atoms with Crippen molar-refractivity contribution in [3.63, 3.8) is 0 Å². The molecule has 0 atom stereocenters. The zero-order valence-electron chi connectivity index (χ0n) is 9.25. The largest absolute Gasteiger partial charge is 1.00 e. The fraction of sp³-hybridized carbons (Fsp3) is 0.333. The average Bonchev–Trinajstić information content (AvgIpc) is 2.19. The summed E-state index contributed by atoms with van der Waals surface area (Å²) in [4.78, 5) is 0. The van der Waals surface area contributed by atoms with Crippen LogP contribution in [0.1, 0.15) is 0 Å². The molecule has 0 saturated carbocycles. The minimum absolute atomic E-state index is 0. The van der Waals surface area contributed by atoms with E-state index in [2.05, 4.69) is 0 Å². The molecule has 0 aliphatic rings. The molecule has 0 saturated heterocycles. The third-order valence-electron chi connectivity index (χ3n) is 1.69. The van der Waals surface area contributed by atoms with Crippen molar-refractivity contribution in [2.24, 2.45) is 0 Å². The van der Waals surface area contributed by atoms with Gasteiger partial charge in [0.1, 0.15) is 12.4 Å². The number of halogens is 3. The SMILES string of the molecule is COCCOc1ccc(B(F)F)cc1.[F-].[K+]. The van der Waals surface area contributed by atoms with E-state index in [4.69, 9.17) is 9.47 Å². The number of hydrogen-bond acceptors (Lipinski definition) is 2. The molecule has 0 aliphatic heterocycles. The Kier molecular flexibility index (Phi) is 12.5. The Labute approximate surface area is 136 Å². The Morgan fingerprint density at radius 1 is 1.12 bits per heavy atom. The third-order valence-corrected chi connectivity index (χ3v) is 1.69. The maximum absolute atomic E-state index is 12.1. The zero-order valence-corrected chi connectivity index (χ0v) is 12.4. The van der Waals surface area contributed by atoms with Crippen molar-refractivity contribution in [1.82, 2.24) is 0 Å².